The Bertz CT molecular complexity index is 927. The molecule has 0 aliphatic rings. The van der Waals surface area contributed by atoms with Gasteiger partial charge in [-0.2, -0.15) is 5.10 Å². The van der Waals surface area contributed by atoms with Gasteiger partial charge in [0.15, 0.2) is 11.5 Å². The number of aromatic nitrogens is 4. The number of allylic oxidation sites excluding steroid dienone is 1. The molecule has 0 bridgehead atoms. The molecule has 0 fully saturated rings. The molecule has 8 heteroatoms. The van der Waals surface area contributed by atoms with Crippen LogP contribution < -0.4 is 0 Å². The van der Waals surface area contributed by atoms with Crippen LogP contribution in [-0.4, -0.2) is 36.8 Å². The van der Waals surface area contributed by atoms with E-state index in [4.69, 9.17) is 0 Å². The van der Waals surface area contributed by atoms with E-state index in [0.29, 0.717) is 12.0 Å². The van der Waals surface area contributed by atoms with E-state index in [2.05, 4.69) is 20.2 Å². The van der Waals surface area contributed by atoms with Crippen LogP contribution in [0.2, 0.25) is 0 Å². The van der Waals surface area contributed by atoms with Crippen molar-refractivity contribution in [3.8, 4) is 0 Å². The number of Topliss-reactive ketones (excluding diaryl/α,β-unsaturated/α-hetero) is 1. The number of hydrogen-bond donors (Lipinski definition) is 2. The van der Waals surface area contributed by atoms with Crippen molar-refractivity contribution in [3.63, 3.8) is 0 Å². The first-order valence-electron chi connectivity index (χ1n) is 7.38. The van der Waals surface area contributed by atoms with Crippen molar-refractivity contribution >= 4 is 28.7 Å². The molecule has 2 aromatic heterocycles. The van der Waals surface area contributed by atoms with Crippen LogP contribution in [0.5, 0.6) is 0 Å². The Labute approximate surface area is 147 Å². The number of rotatable bonds is 6. The molecule has 0 saturated heterocycles. The van der Waals surface area contributed by atoms with Gasteiger partial charge in [0.1, 0.15) is 12.0 Å². The maximum Gasteiger partial charge on any atom is 0.215 e. The molecule has 3 aromatic rings. The Morgan fingerprint density at radius 3 is 2.68 bits per heavy atom. The van der Waals surface area contributed by atoms with E-state index in [9.17, 15) is 14.7 Å². The maximum absolute atomic E-state index is 12.1. The van der Waals surface area contributed by atoms with E-state index in [1.807, 2.05) is 12.1 Å². The van der Waals surface area contributed by atoms with E-state index in [-0.39, 0.29) is 23.1 Å². The molecule has 0 atom stereocenters. The fraction of sp³-hybridized carbons (Fsp3) is 0.118. The SMILES string of the molecule is CC(=O)c1ccc(Cc2nc(C(=O)C=C(O)c3nc[nH]n3)cs2)cc1. The van der Waals surface area contributed by atoms with Crippen LogP contribution in [0.25, 0.3) is 5.76 Å². The van der Waals surface area contributed by atoms with E-state index in [0.717, 1.165) is 16.6 Å². The summed E-state index contributed by atoms with van der Waals surface area (Å²) in [7, 11) is 0. The molecule has 7 nitrogen and oxygen atoms in total. The number of carbonyl (C=O) groups excluding carboxylic acids is 2. The Morgan fingerprint density at radius 2 is 2.04 bits per heavy atom. The van der Waals surface area contributed by atoms with Crippen molar-refractivity contribution in [2.45, 2.75) is 13.3 Å². The lowest BCUT2D eigenvalue weighted by Crippen LogP contribution is -1.99. The average Bonchev–Trinajstić information content (AvgIpc) is 3.27. The molecule has 25 heavy (non-hydrogen) atoms. The largest absolute Gasteiger partial charge is 0.504 e. The fourth-order valence-corrected chi connectivity index (χ4v) is 2.95. The van der Waals surface area contributed by atoms with Crippen LogP contribution in [0.3, 0.4) is 0 Å². The van der Waals surface area contributed by atoms with Crippen LogP contribution in [-0.2, 0) is 6.42 Å². The molecule has 1 aromatic carbocycles. The summed E-state index contributed by atoms with van der Waals surface area (Å²) in [6, 6.07) is 7.28. The van der Waals surface area contributed by atoms with Crippen molar-refractivity contribution in [1.29, 1.82) is 0 Å². The number of ketones is 2. The van der Waals surface area contributed by atoms with Gasteiger partial charge in [0.25, 0.3) is 0 Å². The standard InChI is InChI=1S/C17H14N4O3S/c1-10(22)12-4-2-11(3-5-12)6-16-20-13(8-25-16)14(23)7-15(24)17-18-9-19-21-17/h2-5,7-9,24H,6H2,1H3,(H,18,19,21). The number of nitrogens with zero attached hydrogens (tertiary/aromatic N) is 3. The van der Waals surface area contributed by atoms with Crippen molar-refractivity contribution in [1.82, 2.24) is 20.2 Å². The smallest absolute Gasteiger partial charge is 0.215 e. The highest BCUT2D eigenvalue weighted by Crippen LogP contribution is 2.17. The van der Waals surface area contributed by atoms with Crippen molar-refractivity contribution in [3.05, 3.63) is 69.7 Å². The number of nitrogens with one attached hydrogen (secondary N) is 1. The van der Waals surface area contributed by atoms with Gasteiger partial charge in [-0.1, -0.05) is 24.3 Å². The highest BCUT2D eigenvalue weighted by Gasteiger charge is 2.12. The molecule has 2 heterocycles. The first-order chi connectivity index (χ1) is 12.0. The number of aliphatic hydroxyl groups is 1. The van der Waals surface area contributed by atoms with Crippen molar-refractivity contribution in [2.24, 2.45) is 0 Å². The second-order valence-corrected chi connectivity index (χ2v) is 6.22. The van der Waals surface area contributed by atoms with Gasteiger partial charge in [-0.15, -0.1) is 11.3 Å². The zero-order valence-corrected chi connectivity index (χ0v) is 14.1. The molecule has 2 N–H and O–H groups in total. The Hall–Kier alpha value is -3.13. The molecule has 0 radical (unpaired) electrons. The van der Waals surface area contributed by atoms with Gasteiger partial charge in [0, 0.05) is 23.4 Å². The molecule has 0 amide bonds. The Balaban J connectivity index is 1.70. The zero-order valence-electron chi connectivity index (χ0n) is 13.3. The minimum atomic E-state index is -0.420. The summed E-state index contributed by atoms with van der Waals surface area (Å²) in [4.78, 5) is 31.5. The first-order valence-corrected chi connectivity index (χ1v) is 8.26. The van der Waals surface area contributed by atoms with Gasteiger partial charge < -0.3 is 5.11 Å². The number of aliphatic hydroxyl groups excluding tert-OH is 1. The van der Waals surface area contributed by atoms with Gasteiger partial charge >= 0.3 is 0 Å². The predicted octanol–water partition coefficient (Wildman–Crippen LogP) is 2.84. The normalized spacial score (nSPS) is 11.5. The van der Waals surface area contributed by atoms with Gasteiger partial charge in [-0.3, -0.25) is 14.7 Å². The number of benzene rings is 1. The molecule has 126 valence electrons. The quantitative estimate of drug-likeness (QED) is 0.400. The highest BCUT2D eigenvalue weighted by atomic mass is 32.1. The third-order valence-electron chi connectivity index (χ3n) is 3.43. The Kier molecular flexibility index (Phi) is 4.80. The lowest BCUT2D eigenvalue weighted by Gasteiger charge is -1.99. The van der Waals surface area contributed by atoms with Crippen molar-refractivity contribution < 1.29 is 14.7 Å². The minimum absolute atomic E-state index is 0.0201. The van der Waals surface area contributed by atoms with Gasteiger partial charge in [-0.05, 0) is 12.5 Å². The van der Waals surface area contributed by atoms with Gasteiger partial charge in [-0.25, -0.2) is 9.97 Å². The first kappa shape index (κ1) is 16.7. The predicted molar refractivity (Wildman–Crippen MR) is 92.7 cm³/mol. The molecule has 0 saturated carbocycles. The Morgan fingerprint density at radius 1 is 1.28 bits per heavy atom. The topological polar surface area (TPSA) is 109 Å². The monoisotopic (exact) mass is 354 g/mol. The summed E-state index contributed by atoms with van der Waals surface area (Å²) in [5, 5.41) is 18.4. The summed E-state index contributed by atoms with van der Waals surface area (Å²) in [5.41, 5.74) is 1.91. The second-order valence-electron chi connectivity index (χ2n) is 5.27. The van der Waals surface area contributed by atoms with Crippen LogP contribution >= 0.6 is 11.3 Å². The molecule has 0 spiro atoms. The number of carbonyl (C=O) groups is 2. The summed E-state index contributed by atoms with van der Waals surface area (Å²) in [6.07, 6.45) is 2.92. The van der Waals surface area contributed by atoms with Crippen LogP contribution in [0.4, 0.5) is 0 Å². The molecule has 0 aliphatic heterocycles. The van der Waals surface area contributed by atoms with Crippen LogP contribution in [0.1, 0.15) is 44.2 Å². The molecule has 0 aliphatic carbocycles. The van der Waals surface area contributed by atoms with E-state index in [1.54, 1.807) is 17.5 Å². The zero-order chi connectivity index (χ0) is 17.8. The van der Waals surface area contributed by atoms with Crippen LogP contribution in [0.15, 0.2) is 42.0 Å². The molecular weight excluding hydrogens is 340 g/mol. The van der Waals surface area contributed by atoms with E-state index < -0.39 is 5.78 Å². The minimum Gasteiger partial charge on any atom is -0.504 e. The van der Waals surface area contributed by atoms with E-state index >= 15 is 0 Å². The fourth-order valence-electron chi connectivity index (χ4n) is 2.13. The molecular formula is C17H14N4O3S. The van der Waals surface area contributed by atoms with Gasteiger partial charge in [0.2, 0.25) is 11.6 Å². The highest BCUT2D eigenvalue weighted by molar-refractivity contribution is 7.09. The van der Waals surface area contributed by atoms with Crippen molar-refractivity contribution in [2.75, 3.05) is 0 Å². The average molecular weight is 354 g/mol. The molecule has 0 unspecified atom stereocenters. The number of hydrogen-bond acceptors (Lipinski definition) is 7. The van der Waals surface area contributed by atoms with Gasteiger partial charge in [0.05, 0.1) is 5.01 Å². The summed E-state index contributed by atoms with van der Waals surface area (Å²) in [5.74, 6) is -0.668. The summed E-state index contributed by atoms with van der Waals surface area (Å²) < 4.78 is 0. The second kappa shape index (κ2) is 7.18. The van der Waals surface area contributed by atoms with E-state index in [1.165, 1.54) is 24.6 Å². The maximum atomic E-state index is 12.1. The lowest BCUT2D eigenvalue weighted by molar-refractivity contribution is 0.101. The molecule has 3 rings (SSSR count). The third-order valence-corrected chi connectivity index (χ3v) is 4.28. The summed E-state index contributed by atoms with van der Waals surface area (Å²) >= 11 is 1.36. The summed E-state index contributed by atoms with van der Waals surface area (Å²) in [6.45, 7) is 1.52. The third kappa shape index (κ3) is 4.04. The number of H-pyrrole nitrogens is 1. The van der Waals surface area contributed by atoms with Crippen LogP contribution in [0, 0.1) is 0 Å². The number of thiazole rings is 1. The lowest BCUT2D eigenvalue weighted by atomic mass is 10.1. The number of aromatic amines is 1.